The smallest absolute Gasteiger partial charge is 0.315 e. The molecule has 0 spiro atoms. The normalized spacial score (nSPS) is 16.0. The molecule has 3 rings (SSSR count). The molecule has 1 heterocycles. The Morgan fingerprint density at radius 2 is 1.92 bits per heavy atom. The summed E-state index contributed by atoms with van der Waals surface area (Å²) in [7, 11) is -3.48. The van der Waals surface area contributed by atoms with Gasteiger partial charge in [-0.3, -0.25) is 0 Å². The molecule has 0 atom stereocenters. The van der Waals surface area contributed by atoms with Crippen molar-refractivity contribution in [2.45, 2.75) is 50.0 Å². The molecule has 2 aromatic rings. The molecule has 1 aromatic heterocycles. The van der Waals surface area contributed by atoms with Crippen molar-refractivity contribution in [2.24, 2.45) is 0 Å². The van der Waals surface area contributed by atoms with Crippen molar-refractivity contribution < 1.29 is 13.2 Å². The number of carbonyl (C=O) groups excluding carboxylic acids is 1. The number of aryl methyl sites for hydroxylation is 1. The van der Waals surface area contributed by atoms with Crippen molar-refractivity contribution in [3.05, 3.63) is 30.0 Å². The number of hydrogen-bond acceptors (Lipinski definition) is 3. The number of aromatic amines is 1. The van der Waals surface area contributed by atoms with E-state index in [4.69, 9.17) is 0 Å². The molecule has 1 aliphatic rings. The van der Waals surface area contributed by atoms with Gasteiger partial charge in [-0.15, -0.1) is 0 Å². The number of fused-ring (bicyclic) bond motifs is 1. The molecule has 0 saturated heterocycles. The Balaban J connectivity index is 1.60. The Morgan fingerprint density at radius 3 is 2.68 bits per heavy atom. The Morgan fingerprint density at radius 1 is 1.20 bits per heavy atom. The molecule has 1 saturated carbocycles. The second kappa shape index (κ2) is 7.47. The monoisotopic (exact) mass is 363 g/mol. The van der Waals surface area contributed by atoms with Crippen LogP contribution >= 0.6 is 0 Å². The quantitative estimate of drug-likeness (QED) is 0.763. The zero-order valence-corrected chi connectivity index (χ0v) is 15.3. The number of H-pyrrole nitrogens is 1. The molecule has 1 aliphatic carbocycles. The lowest BCUT2D eigenvalue weighted by molar-refractivity contribution is 0.233. The van der Waals surface area contributed by atoms with E-state index in [0.717, 1.165) is 31.2 Å². The van der Waals surface area contributed by atoms with Crippen molar-refractivity contribution in [2.75, 3.05) is 12.3 Å². The van der Waals surface area contributed by atoms with Gasteiger partial charge in [-0.25, -0.2) is 13.2 Å². The molecule has 0 bridgehead atoms. The number of hydrogen-bond donors (Lipinski definition) is 3. The second-order valence-corrected chi connectivity index (χ2v) is 8.72. The van der Waals surface area contributed by atoms with E-state index in [0.29, 0.717) is 16.0 Å². The zero-order valence-electron chi connectivity index (χ0n) is 14.5. The first-order valence-corrected chi connectivity index (χ1v) is 10.5. The number of nitrogens with one attached hydrogen (secondary N) is 3. The maximum absolute atomic E-state index is 12.7. The third-order valence-corrected chi connectivity index (χ3v) is 6.63. The summed E-state index contributed by atoms with van der Waals surface area (Å²) >= 11 is 0. The Hall–Kier alpha value is -2.02. The van der Waals surface area contributed by atoms with E-state index >= 15 is 0 Å². The first kappa shape index (κ1) is 17.8. The number of carbonyl (C=O) groups is 1. The predicted molar refractivity (Wildman–Crippen MR) is 98.5 cm³/mol. The Bertz CT molecular complexity index is 852. The average Bonchev–Trinajstić information content (AvgIpc) is 2.92. The van der Waals surface area contributed by atoms with Crippen LogP contribution in [0.5, 0.6) is 0 Å². The van der Waals surface area contributed by atoms with Crippen molar-refractivity contribution in [1.82, 2.24) is 15.6 Å². The summed E-state index contributed by atoms with van der Waals surface area (Å²) in [6, 6.07) is 7.28. The molecule has 6 nitrogen and oxygen atoms in total. The molecule has 7 heteroatoms. The SMILES string of the molecule is Cc1[nH]c2ccccc2c1S(=O)(=O)CCNC(=O)NC1CCCCC1. The van der Waals surface area contributed by atoms with E-state index in [-0.39, 0.29) is 24.4 Å². The minimum atomic E-state index is -3.48. The Labute approximate surface area is 148 Å². The van der Waals surface area contributed by atoms with Crippen molar-refractivity contribution in [3.8, 4) is 0 Å². The van der Waals surface area contributed by atoms with Crippen LogP contribution in [0.1, 0.15) is 37.8 Å². The van der Waals surface area contributed by atoms with E-state index in [1.165, 1.54) is 6.42 Å². The van der Waals surface area contributed by atoms with Crippen molar-refractivity contribution in [1.29, 1.82) is 0 Å². The number of benzene rings is 1. The predicted octanol–water partition coefficient (Wildman–Crippen LogP) is 2.88. The van der Waals surface area contributed by atoms with Crippen LogP contribution in [0.15, 0.2) is 29.2 Å². The summed E-state index contributed by atoms with van der Waals surface area (Å²) in [5, 5.41) is 6.31. The Kier molecular flexibility index (Phi) is 5.32. The highest BCUT2D eigenvalue weighted by molar-refractivity contribution is 7.91. The highest BCUT2D eigenvalue weighted by Crippen LogP contribution is 2.27. The van der Waals surface area contributed by atoms with Crippen LogP contribution in [0.3, 0.4) is 0 Å². The van der Waals surface area contributed by atoms with E-state index in [2.05, 4.69) is 15.6 Å². The lowest BCUT2D eigenvalue weighted by atomic mass is 9.96. The summed E-state index contributed by atoms with van der Waals surface area (Å²) in [5.41, 5.74) is 1.44. The average molecular weight is 363 g/mol. The largest absolute Gasteiger partial charge is 0.358 e. The van der Waals surface area contributed by atoms with Crippen LogP contribution in [-0.2, 0) is 9.84 Å². The van der Waals surface area contributed by atoms with E-state index in [1.807, 2.05) is 18.2 Å². The molecule has 25 heavy (non-hydrogen) atoms. The van der Waals surface area contributed by atoms with E-state index in [9.17, 15) is 13.2 Å². The number of sulfone groups is 1. The van der Waals surface area contributed by atoms with Crippen LogP contribution in [-0.4, -0.2) is 37.8 Å². The summed E-state index contributed by atoms with van der Waals surface area (Å²) in [6.45, 7) is 1.86. The number of rotatable bonds is 5. The van der Waals surface area contributed by atoms with Gasteiger partial charge < -0.3 is 15.6 Å². The molecular weight excluding hydrogens is 338 g/mol. The molecule has 0 aliphatic heterocycles. The molecule has 1 fully saturated rings. The molecule has 0 radical (unpaired) electrons. The molecule has 2 amide bonds. The lowest BCUT2D eigenvalue weighted by Gasteiger charge is -2.22. The molecule has 1 aromatic carbocycles. The minimum absolute atomic E-state index is 0.0971. The van der Waals surface area contributed by atoms with Crippen molar-refractivity contribution >= 4 is 26.8 Å². The van der Waals surface area contributed by atoms with E-state index < -0.39 is 9.84 Å². The van der Waals surface area contributed by atoms with Crippen LogP contribution in [0, 0.1) is 6.92 Å². The number of amides is 2. The van der Waals surface area contributed by atoms with Crippen LogP contribution in [0.2, 0.25) is 0 Å². The van der Waals surface area contributed by atoms with Gasteiger partial charge in [0.25, 0.3) is 0 Å². The number of urea groups is 1. The number of aromatic nitrogens is 1. The minimum Gasteiger partial charge on any atom is -0.358 e. The van der Waals surface area contributed by atoms with Gasteiger partial charge in [0.1, 0.15) is 0 Å². The van der Waals surface area contributed by atoms with Gasteiger partial charge in [0.2, 0.25) is 0 Å². The summed E-state index contributed by atoms with van der Waals surface area (Å²) in [5.74, 6) is -0.117. The highest BCUT2D eigenvalue weighted by Gasteiger charge is 2.22. The highest BCUT2D eigenvalue weighted by atomic mass is 32.2. The third-order valence-electron chi connectivity index (χ3n) is 4.74. The van der Waals surface area contributed by atoms with Gasteiger partial charge in [0.05, 0.1) is 10.6 Å². The maximum atomic E-state index is 12.7. The maximum Gasteiger partial charge on any atom is 0.315 e. The molecule has 3 N–H and O–H groups in total. The van der Waals surface area contributed by atoms with Crippen LogP contribution in [0.4, 0.5) is 4.79 Å². The topological polar surface area (TPSA) is 91.1 Å². The fourth-order valence-electron chi connectivity index (χ4n) is 3.54. The summed E-state index contributed by atoms with van der Waals surface area (Å²) in [4.78, 5) is 15.4. The van der Waals surface area contributed by atoms with Gasteiger partial charge >= 0.3 is 6.03 Å². The fraction of sp³-hybridized carbons (Fsp3) is 0.500. The summed E-state index contributed by atoms with van der Waals surface area (Å²) in [6.07, 6.45) is 5.50. The molecular formula is C18H25N3O3S. The first-order chi connectivity index (χ1) is 12.0. The molecule has 136 valence electrons. The van der Waals surface area contributed by atoms with Gasteiger partial charge in [-0.1, -0.05) is 37.5 Å². The van der Waals surface area contributed by atoms with Crippen LogP contribution < -0.4 is 10.6 Å². The zero-order chi connectivity index (χ0) is 17.9. The van der Waals surface area contributed by atoms with Gasteiger partial charge in [0, 0.05) is 29.2 Å². The van der Waals surface area contributed by atoms with Gasteiger partial charge in [0.15, 0.2) is 9.84 Å². The first-order valence-electron chi connectivity index (χ1n) is 8.82. The lowest BCUT2D eigenvalue weighted by Crippen LogP contribution is -2.44. The third kappa shape index (κ3) is 4.15. The van der Waals surface area contributed by atoms with Crippen LogP contribution in [0.25, 0.3) is 10.9 Å². The van der Waals surface area contributed by atoms with Crippen molar-refractivity contribution in [3.63, 3.8) is 0 Å². The molecule has 0 unspecified atom stereocenters. The fourth-order valence-corrected chi connectivity index (χ4v) is 5.14. The second-order valence-electron chi connectivity index (χ2n) is 6.68. The summed E-state index contributed by atoms with van der Waals surface area (Å²) < 4.78 is 25.4. The van der Waals surface area contributed by atoms with E-state index in [1.54, 1.807) is 13.0 Å². The standard InChI is InChI=1S/C18H25N3O3S/c1-13-17(15-9-5-6-10-16(15)20-13)25(23,24)12-11-19-18(22)21-14-7-3-2-4-8-14/h5-6,9-10,14,20H,2-4,7-8,11-12H2,1H3,(H2,19,21,22). The van der Waals surface area contributed by atoms with Gasteiger partial charge in [-0.2, -0.15) is 0 Å². The number of para-hydroxylation sites is 1. The van der Waals surface area contributed by atoms with Gasteiger partial charge in [-0.05, 0) is 25.8 Å².